The molecule has 0 aromatic carbocycles. The number of hydrogen-bond acceptors (Lipinski definition) is 5. The van der Waals surface area contributed by atoms with Crippen LogP contribution in [-0.2, 0) is 0 Å². The van der Waals surface area contributed by atoms with Gasteiger partial charge in [-0.1, -0.05) is 13.8 Å². The Labute approximate surface area is 128 Å². The monoisotopic (exact) mass is 289 g/mol. The van der Waals surface area contributed by atoms with E-state index in [4.69, 9.17) is 4.98 Å². The molecule has 1 unspecified atom stereocenters. The molecule has 0 radical (unpaired) electrons. The van der Waals surface area contributed by atoms with Gasteiger partial charge in [-0.3, -0.25) is 0 Å². The summed E-state index contributed by atoms with van der Waals surface area (Å²) in [7, 11) is 0. The quantitative estimate of drug-likeness (QED) is 0.848. The number of aromatic nitrogens is 2. The fourth-order valence-electron chi connectivity index (χ4n) is 3.33. The minimum absolute atomic E-state index is 0.749. The third-order valence-electron chi connectivity index (χ3n) is 4.71. The largest absolute Gasteiger partial charge is 0.354 e. The molecule has 5 nitrogen and oxygen atoms in total. The number of rotatable bonds is 3. The maximum absolute atomic E-state index is 4.83. The molecular formula is C16H27N5. The average molecular weight is 289 g/mol. The van der Waals surface area contributed by atoms with Gasteiger partial charge in [0.25, 0.3) is 0 Å². The topological polar surface area (TPSA) is 35.5 Å². The molecule has 1 aromatic heterocycles. The van der Waals surface area contributed by atoms with E-state index in [9.17, 15) is 0 Å². The Morgan fingerprint density at radius 1 is 1.14 bits per heavy atom. The van der Waals surface area contributed by atoms with Gasteiger partial charge < -0.3 is 14.7 Å². The standard InChI is InChI=1S/C16H27N5/c1-3-19-9-11-20(12-10-19)15-6-7-17-16(18-15)21-8-4-5-14(2)13-21/h6-7,14H,3-5,8-13H2,1-2H3. The minimum atomic E-state index is 0.749. The van der Waals surface area contributed by atoms with Gasteiger partial charge >= 0.3 is 0 Å². The van der Waals surface area contributed by atoms with Crippen molar-refractivity contribution in [2.24, 2.45) is 5.92 Å². The first-order chi connectivity index (χ1) is 10.3. The van der Waals surface area contributed by atoms with Crippen molar-refractivity contribution < 1.29 is 0 Å². The van der Waals surface area contributed by atoms with Gasteiger partial charge in [0.05, 0.1) is 0 Å². The van der Waals surface area contributed by atoms with Crippen molar-refractivity contribution in [2.75, 3.05) is 55.6 Å². The highest BCUT2D eigenvalue weighted by molar-refractivity contribution is 5.44. The number of hydrogen-bond donors (Lipinski definition) is 0. The number of nitrogens with zero attached hydrogens (tertiary/aromatic N) is 5. The van der Waals surface area contributed by atoms with E-state index >= 15 is 0 Å². The van der Waals surface area contributed by atoms with Crippen LogP contribution in [0.25, 0.3) is 0 Å². The van der Waals surface area contributed by atoms with Crippen molar-refractivity contribution >= 4 is 11.8 Å². The molecule has 0 N–H and O–H groups in total. The molecule has 1 atom stereocenters. The summed E-state index contributed by atoms with van der Waals surface area (Å²) in [5.41, 5.74) is 0. The van der Waals surface area contributed by atoms with Gasteiger partial charge in [-0.15, -0.1) is 0 Å². The van der Waals surface area contributed by atoms with Crippen LogP contribution < -0.4 is 9.80 Å². The van der Waals surface area contributed by atoms with Crippen LogP contribution in [0.2, 0.25) is 0 Å². The van der Waals surface area contributed by atoms with Crippen LogP contribution in [0.5, 0.6) is 0 Å². The summed E-state index contributed by atoms with van der Waals surface area (Å²) < 4.78 is 0. The lowest BCUT2D eigenvalue weighted by Crippen LogP contribution is -2.46. The molecule has 2 aliphatic rings. The predicted octanol–water partition coefficient (Wildman–Crippen LogP) is 1.85. The van der Waals surface area contributed by atoms with Crippen LogP contribution in [0, 0.1) is 5.92 Å². The SMILES string of the molecule is CCN1CCN(c2ccnc(N3CCCC(C)C3)n2)CC1. The van der Waals surface area contributed by atoms with E-state index in [1.54, 1.807) is 0 Å². The molecule has 0 aliphatic carbocycles. The van der Waals surface area contributed by atoms with E-state index in [1.807, 2.05) is 6.20 Å². The van der Waals surface area contributed by atoms with Gasteiger partial charge in [-0.05, 0) is 31.4 Å². The summed E-state index contributed by atoms with van der Waals surface area (Å²) in [6.07, 6.45) is 4.50. The average Bonchev–Trinajstić information content (AvgIpc) is 2.55. The molecule has 3 rings (SSSR count). The summed E-state index contributed by atoms with van der Waals surface area (Å²) in [4.78, 5) is 16.6. The van der Waals surface area contributed by atoms with Crippen molar-refractivity contribution in [1.29, 1.82) is 0 Å². The molecule has 116 valence electrons. The van der Waals surface area contributed by atoms with E-state index < -0.39 is 0 Å². The van der Waals surface area contributed by atoms with Gasteiger partial charge in [0.1, 0.15) is 5.82 Å². The second kappa shape index (κ2) is 6.60. The Morgan fingerprint density at radius 2 is 1.95 bits per heavy atom. The van der Waals surface area contributed by atoms with Crippen molar-refractivity contribution in [2.45, 2.75) is 26.7 Å². The molecule has 0 spiro atoms. The summed E-state index contributed by atoms with van der Waals surface area (Å²) >= 11 is 0. The Balaban J connectivity index is 1.68. The van der Waals surface area contributed by atoms with Crippen molar-refractivity contribution in [3.05, 3.63) is 12.3 Å². The fraction of sp³-hybridized carbons (Fsp3) is 0.750. The zero-order valence-electron chi connectivity index (χ0n) is 13.3. The van der Waals surface area contributed by atoms with Crippen LogP contribution in [0.15, 0.2) is 12.3 Å². The zero-order valence-corrected chi connectivity index (χ0v) is 13.3. The Hall–Kier alpha value is -1.36. The number of piperazine rings is 1. The molecule has 5 heteroatoms. The third-order valence-corrected chi connectivity index (χ3v) is 4.71. The smallest absolute Gasteiger partial charge is 0.227 e. The van der Waals surface area contributed by atoms with Gasteiger partial charge in [0.15, 0.2) is 0 Å². The Bertz CT molecular complexity index is 456. The Kier molecular flexibility index (Phi) is 4.58. The van der Waals surface area contributed by atoms with Crippen molar-refractivity contribution in [3.63, 3.8) is 0 Å². The highest BCUT2D eigenvalue weighted by Gasteiger charge is 2.21. The minimum Gasteiger partial charge on any atom is -0.354 e. The lowest BCUT2D eigenvalue weighted by atomic mass is 10.0. The van der Waals surface area contributed by atoms with E-state index in [-0.39, 0.29) is 0 Å². The summed E-state index contributed by atoms with van der Waals surface area (Å²) in [5.74, 6) is 2.75. The van der Waals surface area contributed by atoms with Crippen LogP contribution in [0.1, 0.15) is 26.7 Å². The normalized spacial score (nSPS) is 24.4. The maximum Gasteiger partial charge on any atom is 0.227 e. The predicted molar refractivity (Wildman–Crippen MR) is 87.0 cm³/mol. The lowest BCUT2D eigenvalue weighted by Gasteiger charge is -2.35. The van der Waals surface area contributed by atoms with E-state index in [1.165, 1.54) is 12.8 Å². The van der Waals surface area contributed by atoms with E-state index in [0.717, 1.165) is 63.5 Å². The first kappa shape index (κ1) is 14.6. The maximum atomic E-state index is 4.83. The highest BCUT2D eigenvalue weighted by Crippen LogP contribution is 2.22. The Morgan fingerprint density at radius 3 is 2.67 bits per heavy atom. The van der Waals surface area contributed by atoms with E-state index in [2.05, 4.69) is 39.6 Å². The van der Waals surface area contributed by atoms with Crippen LogP contribution >= 0.6 is 0 Å². The highest BCUT2D eigenvalue weighted by atomic mass is 15.3. The molecule has 2 aliphatic heterocycles. The molecule has 0 bridgehead atoms. The first-order valence-corrected chi connectivity index (χ1v) is 8.31. The van der Waals surface area contributed by atoms with Crippen LogP contribution in [0.4, 0.5) is 11.8 Å². The van der Waals surface area contributed by atoms with Crippen molar-refractivity contribution in [1.82, 2.24) is 14.9 Å². The van der Waals surface area contributed by atoms with Crippen LogP contribution in [-0.4, -0.2) is 60.7 Å². The molecule has 2 fully saturated rings. The molecule has 2 saturated heterocycles. The number of likely N-dealkylation sites (N-methyl/N-ethyl adjacent to an activating group) is 1. The van der Waals surface area contributed by atoms with E-state index in [0.29, 0.717) is 0 Å². The fourth-order valence-corrected chi connectivity index (χ4v) is 3.33. The summed E-state index contributed by atoms with van der Waals surface area (Å²) in [5, 5.41) is 0. The number of anilines is 2. The molecular weight excluding hydrogens is 262 g/mol. The van der Waals surface area contributed by atoms with Crippen LogP contribution in [0.3, 0.4) is 0 Å². The van der Waals surface area contributed by atoms with Gasteiger partial charge in [0, 0.05) is 45.5 Å². The molecule has 3 heterocycles. The summed E-state index contributed by atoms with van der Waals surface area (Å²) in [6.45, 7) is 12.3. The third kappa shape index (κ3) is 3.46. The zero-order chi connectivity index (χ0) is 14.7. The lowest BCUT2D eigenvalue weighted by molar-refractivity contribution is 0.270. The number of piperidine rings is 1. The first-order valence-electron chi connectivity index (χ1n) is 8.31. The van der Waals surface area contributed by atoms with Crippen molar-refractivity contribution in [3.8, 4) is 0 Å². The molecule has 0 amide bonds. The van der Waals surface area contributed by atoms with Gasteiger partial charge in [0.2, 0.25) is 5.95 Å². The van der Waals surface area contributed by atoms with Gasteiger partial charge in [-0.25, -0.2) is 4.98 Å². The second-order valence-corrected chi connectivity index (χ2v) is 6.33. The van der Waals surface area contributed by atoms with Gasteiger partial charge in [-0.2, -0.15) is 4.98 Å². The molecule has 1 aromatic rings. The second-order valence-electron chi connectivity index (χ2n) is 6.33. The molecule has 21 heavy (non-hydrogen) atoms. The molecule has 0 saturated carbocycles. The summed E-state index contributed by atoms with van der Waals surface area (Å²) in [6, 6.07) is 2.05.